The first-order valence-corrected chi connectivity index (χ1v) is 6.09. The number of nitrogens with one attached hydrogen (secondary N) is 1. The molecule has 1 fully saturated rings. The van der Waals surface area contributed by atoms with E-state index in [9.17, 15) is 4.79 Å². The lowest BCUT2D eigenvalue weighted by molar-refractivity contribution is 0.0941. The second-order valence-corrected chi connectivity index (χ2v) is 4.65. The summed E-state index contributed by atoms with van der Waals surface area (Å²) in [6, 6.07) is 0. The third-order valence-corrected chi connectivity index (χ3v) is 3.25. The predicted molar refractivity (Wildman–Crippen MR) is 64.1 cm³/mol. The molecule has 0 unspecified atom stereocenters. The molecule has 1 amide bonds. The monoisotopic (exact) mass is 257 g/mol. The molecule has 0 aliphatic carbocycles. The van der Waals surface area contributed by atoms with Crippen molar-refractivity contribution in [2.45, 2.75) is 12.8 Å². The van der Waals surface area contributed by atoms with E-state index >= 15 is 0 Å². The largest absolute Gasteiger partial charge is 0.381 e. The van der Waals surface area contributed by atoms with Gasteiger partial charge in [-0.1, -0.05) is 11.6 Å². The zero-order valence-electron chi connectivity index (χ0n) is 9.78. The second-order valence-electron chi connectivity index (χ2n) is 4.24. The summed E-state index contributed by atoms with van der Waals surface area (Å²) in [6.07, 6.45) is 3.50. The van der Waals surface area contributed by atoms with E-state index in [1.807, 2.05) is 0 Å². The van der Waals surface area contributed by atoms with Crippen molar-refractivity contribution in [1.29, 1.82) is 0 Å². The molecule has 1 aliphatic heterocycles. The van der Waals surface area contributed by atoms with Gasteiger partial charge in [0.2, 0.25) is 0 Å². The number of carbonyl (C=O) groups excluding carboxylic acids is 1. The standard InChI is InChI=1S/C11H16ClN3O2/c1-15-10(9(12)6-14-15)11(16)13-4-2-8-3-5-17-7-8/h6,8H,2-5,7H2,1H3,(H,13,16)/t8-/m0/s1. The Morgan fingerprint density at radius 3 is 3.18 bits per heavy atom. The van der Waals surface area contributed by atoms with Gasteiger partial charge in [0, 0.05) is 26.8 Å². The molecule has 94 valence electrons. The van der Waals surface area contributed by atoms with Crippen molar-refractivity contribution in [3.05, 3.63) is 16.9 Å². The fourth-order valence-corrected chi connectivity index (χ4v) is 2.20. The summed E-state index contributed by atoms with van der Waals surface area (Å²) in [5.41, 5.74) is 0.411. The number of hydrogen-bond acceptors (Lipinski definition) is 3. The highest BCUT2D eigenvalue weighted by molar-refractivity contribution is 6.33. The van der Waals surface area contributed by atoms with Crippen molar-refractivity contribution in [1.82, 2.24) is 15.1 Å². The Hall–Kier alpha value is -1.07. The van der Waals surface area contributed by atoms with E-state index in [0.717, 1.165) is 26.1 Å². The zero-order chi connectivity index (χ0) is 12.3. The Morgan fingerprint density at radius 2 is 2.59 bits per heavy atom. The molecule has 2 rings (SSSR count). The van der Waals surface area contributed by atoms with Crippen molar-refractivity contribution in [3.8, 4) is 0 Å². The Balaban J connectivity index is 1.81. The Morgan fingerprint density at radius 1 is 1.76 bits per heavy atom. The maximum atomic E-state index is 11.8. The van der Waals surface area contributed by atoms with Crippen LogP contribution in [0.3, 0.4) is 0 Å². The van der Waals surface area contributed by atoms with E-state index in [1.54, 1.807) is 7.05 Å². The summed E-state index contributed by atoms with van der Waals surface area (Å²) in [4.78, 5) is 11.8. The van der Waals surface area contributed by atoms with Gasteiger partial charge in [-0.05, 0) is 18.8 Å². The van der Waals surface area contributed by atoms with Crippen LogP contribution in [0, 0.1) is 5.92 Å². The molecule has 0 radical (unpaired) electrons. The summed E-state index contributed by atoms with van der Waals surface area (Å²) >= 11 is 5.88. The molecule has 1 N–H and O–H groups in total. The molecule has 17 heavy (non-hydrogen) atoms. The number of aromatic nitrogens is 2. The van der Waals surface area contributed by atoms with Gasteiger partial charge in [-0.15, -0.1) is 0 Å². The molecule has 1 aromatic rings. The van der Waals surface area contributed by atoms with Crippen LogP contribution in [0.2, 0.25) is 5.02 Å². The van der Waals surface area contributed by atoms with Crippen LogP contribution >= 0.6 is 11.6 Å². The van der Waals surface area contributed by atoms with E-state index in [1.165, 1.54) is 10.9 Å². The first kappa shape index (κ1) is 12.4. The Kier molecular flexibility index (Phi) is 4.02. The van der Waals surface area contributed by atoms with Crippen LogP contribution in [0.25, 0.3) is 0 Å². The molecular weight excluding hydrogens is 242 g/mol. The van der Waals surface area contributed by atoms with Crippen molar-refractivity contribution < 1.29 is 9.53 Å². The molecule has 1 saturated heterocycles. The average Bonchev–Trinajstić information content (AvgIpc) is 2.89. The number of amides is 1. The van der Waals surface area contributed by atoms with Crippen LogP contribution in [-0.4, -0.2) is 35.4 Å². The second kappa shape index (κ2) is 5.51. The summed E-state index contributed by atoms with van der Waals surface area (Å²) < 4.78 is 6.76. The highest BCUT2D eigenvalue weighted by Crippen LogP contribution is 2.16. The predicted octanol–water partition coefficient (Wildman–Crippen LogP) is 1.23. The minimum Gasteiger partial charge on any atom is -0.381 e. The lowest BCUT2D eigenvalue weighted by Crippen LogP contribution is -2.28. The van der Waals surface area contributed by atoms with Gasteiger partial charge in [0.15, 0.2) is 0 Å². The van der Waals surface area contributed by atoms with Gasteiger partial charge in [-0.25, -0.2) is 0 Å². The number of nitrogens with zero attached hydrogens (tertiary/aromatic N) is 2. The van der Waals surface area contributed by atoms with Crippen molar-refractivity contribution in [2.24, 2.45) is 13.0 Å². The molecule has 1 aliphatic rings. The van der Waals surface area contributed by atoms with Gasteiger partial charge in [-0.2, -0.15) is 5.10 Å². The maximum absolute atomic E-state index is 11.8. The molecule has 0 aromatic carbocycles. The number of carbonyl (C=O) groups is 1. The molecule has 5 nitrogen and oxygen atoms in total. The number of aryl methyl sites for hydroxylation is 1. The molecule has 6 heteroatoms. The maximum Gasteiger partial charge on any atom is 0.271 e. The zero-order valence-corrected chi connectivity index (χ0v) is 10.5. The quantitative estimate of drug-likeness (QED) is 0.883. The normalized spacial score (nSPS) is 19.5. The number of rotatable bonds is 4. The average molecular weight is 258 g/mol. The van der Waals surface area contributed by atoms with Crippen molar-refractivity contribution in [3.63, 3.8) is 0 Å². The van der Waals surface area contributed by atoms with Crippen LogP contribution in [0.1, 0.15) is 23.3 Å². The van der Waals surface area contributed by atoms with Gasteiger partial charge < -0.3 is 10.1 Å². The van der Waals surface area contributed by atoms with Crippen LogP contribution < -0.4 is 5.32 Å². The molecule has 0 saturated carbocycles. The molecule has 0 spiro atoms. The van der Waals surface area contributed by atoms with Gasteiger partial charge >= 0.3 is 0 Å². The lowest BCUT2D eigenvalue weighted by atomic mass is 10.1. The van der Waals surface area contributed by atoms with Crippen LogP contribution in [0.4, 0.5) is 0 Å². The van der Waals surface area contributed by atoms with E-state index in [-0.39, 0.29) is 5.91 Å². The van der Waals surface area contributed by atoms with E-state index in [0.29, 0.717) is 23.2 Å². The van der Waals surface area contributed by atoms with Crippen molar-refractivity contribution in [2.75, 3.05) is 19.8 Å². The summed E-state index contributed by atoms with van der Waals surface area (Å²) in [7, 11) is 1.70. The Bertz CT molecular complexity index is 380. The Labute approximate surface area is 105 Å². The van der Waals surface area contributed by atoms with Gasteiger partial charge in [-0.3, -0.25) is 9.48 Å². The molecule has 2 heterocycles. The topological polar surface area (TPSA) is 56.2 Å². The fourth-order valence-electron chi connectivity index (χ4n) is 1.95. The van der Waals surface area contributed by atoms with Crippen molar-refractivity contribution >= 4 is 17.5 Å². The highest BCUT2D eigenvalue weighted by Gasteiger charge is 2.18. The van der Waals surface area contributed by atoms with E-state index in [4.69, 9.17) is 16.3 Å². The molecule has 0 bridgehead atoms. The number of ether oxygens (including phenoxy) is 1. The molecule has 1 atom stereocenters. The first-order chi connectivity index (χ1) is 8.18. The lowest BCUT2D eigenvalue weighted by Gasteiger charge is -2.09. The SMILES string of the molecule is Cn1ncc(Cl)c1C(=O)NCC[C@H]1CCOC1. The molecular formula is C11H16ClN3O2. The first-order valence-electron chi connectivity index (χ1n) is 5.72. The minimum atomic E-state index is -0.172. The third kappa shape index (κ3) is 2.98. The van der Waals surface area contributed by atoms with E-state index < -0.39 is 0 Å². The molecule has 1 aromatic heterocycles. The number of halogens is 1. The minimum absolute atomic E-state index is 0.172. The summed E-state index contributed by atoms with van der Waals surface area (Å²) in [5.74, 6) is 0.395. The van der Waals surface area contributed by atoms with Crippen LogP contribution in [-0.2, 0) is 11.8 Å². The van der Waals surface area contributed by atoms with Gasteiger partial charge in [0.25, 0.3) is 5.91 Å². The van der Waals surface area contributed by atoms with Crippen LogP contribution in [0.15, 0.2) is 6.20 Å². The van der Waals surface area contributed by atoms with Gasteiger partial charge in [0.1, 0.15) is 5.69 Å². The third-order valence-electron chi connectivity index (χ3n) is 2.97. The van der Waals surface area contributed by atoms with Crippen LogP contribution in [0.5, 0.6) is 0 Å². The van der Waals surface area contributed by atoms with Gasteiger partial charge in [0.05, 0.1) is 11.2 Å². The highest BCUT2D eigenvalue weighted by atomic mass is 35.5. The number of hydrogen-bond donors (Lipinski definition) is 1. The summed E-state index contributed by atoms with van der Waals surface area (Å²) in [6.45, 7) is 2.29. The smallest absolute Gasteiger partial charge is 0.271 e. The fraction of sp³-hybridized carbons (Fsp3) is 0.636. The summed E-state index contributed by atoms with van der Waals surface area (Å²) in [5, 5.41) is 7.16. The van der Waals surface area contributed by atoms with E-state index in [2.05, 4.69) is 10.4 Å².